The van der Waals surface area contributed by atoms with Gasteiger partial charge in [0.05, 0.1) is 60.3 Å². The van der Waals surface area contributed by atoms with Crippen LogP contribution in [0.5, 0.6) is 0 Å². The van der Waals surface area contributed by atoms with Crippen LogP contribution in [0.2, 0.25) is 0 Å². The Kier molecular flexibility index (Phi) is 9.65. The minimum absolute atomic E-state index is 0. The zero-order valence-electron chi connectivity index (χ0n) is 26.4. The summed E-state index contributed by atoms with van der Waals surface area (Å²) < 4.78 is 29.3. The van der Waals surface area contributed by atoms with Crippen molar-refractivity contribution in [2.45, 2.75) is 152 Å². The molecule has 4 saturated carbocycles. The topological polar surface area (TPSA) is 140 Å². The second-order valence-electron chi connectivity index (χ2n) is 16.0. The molecule has 5 aliphatic heterocycles. The summed E-state index contributed by atoms with van der Waals surface area (Å²) in [5, 5.41) is 32.9. The van der Waals surface area contributed by atoms with Crippen molar-refractivity contribution >= 4 is 11.0 Å². The van der Waals surface area contributed by atoms with Gasteiger partial charge in [0.1, 0.15) is 0 Å². The molecule has 11 nitrogen and oxygen atoms in total. The molecular weight excluding hydrogens is 640 g/mol. The zero-order chi connectivity index (χ0) is 29.4. The second kappa shape index (κ2) is 13.4. The van der Waals surface area contributed by atoms with E-state index in [1.165, 1.54) is 77.0 Å². The van der Waals surface area contributed by atoms with Gasteiger partial charge in [-0.3, -0.25) is 42.5 Å². The predicted octanol–water partition coefficient (Wildman–Crippen LogP) is 1.82. The fraction of sp³-hybridized carbons (Fsp3) is 1.00. The van der Waals surface area contributed by atoms with Crippen molar-refractivity contribution < 1.29 is 29.7 Å². The van der Waals surface area contributed by atoms with Crippen molar-refractivity contribution in [1.29, 1.82) is 0 Å². The van der Waals surface area contributed by atoms with Crippen molar-refractivity contribution in [3.63, 3.8) is 0 Å². The number of hydrogen-bond donors (Lipinski definition) is 8. The molecule has 0 aromatic carbocycles. The minimum atomic E-state index is -2.51. The van der Waals surface area contributed by atoms with Crippen LogP contribution >= 0.6 is 0 Å². The average Bonchev–Trinajstić information content (AvgIpc) is 3.77. The summed E-state index contributed by atoms with van der Waals surface area (Å²) >= 11 is 0. The molecule has 45 heavy (non-hydrogen) atoms. The van der Waals surface area contributed by atoms with E-state index in [2.05, 4.69) is 42.5 Å². The summed E-state index contributed by atoms with van der Waals surface area (Å²) in [4.78, 5) is 0. The third-order valence-corrected chi connectivity index (χ3v) is 14.4. The molecule has 9 aliphatic rings. The van der Waals surface area contributed by atoms with Crippen LogP contribution in [0.25, 0.3) is 0 Å². The predicted molar refractivity (Wildman–Crippen MR) is 166 cm³/mol. The van der Waals surface area contributed by atoms with Gasteiger partial charge in [0.15, 0.2) is 0 Å². The van der Waals surface area contributed by atoms with Gasteiger partial charge < -0.3 is 12.6 Å². The Hall–Kier alpha value is 0.109. The van der Waals surface area contributed by atoms with Gasteiger partial charge in [-0.15, -0.1) is 0 Å². The molecule has 4 aliphatic carbocycles. The molecule has 17 unspecified atom stereocenters. The molecule has 17 atom stereocenters. The third kappa shape index (κ3) is 5.90. The number of rotatable bonds is 2. The average molecular weight is 695 g/mol. The summed E-state index contributed by atoms with van der Waals surface area (Å²) in [5.41, 5.74) is 0. The third-order valence-electron chi connectivity index (χ3n) is 14.0. The summed E-state index contributed by atoms with van der Waals surface area (Å²) in [5.74, 6) is 4.16. The molecule has 8 bridgehead atoms. The standard InChI is InChI=1S/C32H55N8O3S.Cu/c41-44(42)43-23-15-7-14-22-24(23)32-39-30-21-13-6-5-12-20(21)28(37-30)35-26-17-9-2-1-8-16(17)25(33-26)34-27-18-10-3-4-11-19(18)29(36-27)38-31(22)40-32;/h16-40H,1-15H2;/q-1;+1. The Morgan fingerprint density at radius 1 is 0.378 bits per heavy atom. The van der Waals surface area contributed by atoms with E-state index in [4.69, 9.17) is 4.18 Å². The van der Waals surface area contributed by atoms with Gasteiger partial charge in [-0.1, -0.05) is 44.9 Å². The van der Waals surface area contributed by atoms with Crippen molar-refractivity contribution in [1.82, 2.24) is 42.5 Å². The monoisotopic (exact) mass is 694 g/mol. The summed E-state index contributed by atoms with van der Waals surface area (Å²) in [7, 11) is -2.51. The molecule has 9 fully saturated rings. The largest absolute Gasteiger partial charge is 1.00 e. The molecule has 8 N–H and O–H groups in total. The maximum atomic E-state index is 11.8. The van der Waals surface area contributed by atoms with Crippen molar-refractivity contribution in [3.8, 4) is 0 Å². The Morgan fingerprint density at radius 3 is 1.00 bits per heavy atom. The minimum Gasteiger partial charge on any atom is -0.421 e. The summed E-state index contributed by atoms with van der Waals surface area (Å²) in [6.45, 7) is 0. The van der Waals surface area contributed by atoms with Crippen LogP contribution < -0.4 is 42.5 Å². The fourth-order valence-corrected chi connectivity index (χ4v) is 12.6. The zero-order valence-corrected chi connectivity index (χ0v) is 28.1. The van der Waals surface area contributed by atoms with Gasteiger partial charge in [0.25, 0.3) is 0 Å². The van der Waals surface area contributed by atoms with Crippen LogP contribution in [0.1, 0.15) is 96.3 Å². The molecule has 0 aromatic rings. The quantitative estimate of drug-likeness (QED) is 0.159. The van der Waals surface area contributed by atoms with E-state index in [1.807, 2.05) is 0 Å². The van der Waals surface area contributed by atoms with Crippen LogP contribution in [-0.4, -0.2) is 55.4 Å². The molecule has 5 heterocycles. The van der Waals surface area contributed by atoms with Crippen LogP contribution in [0.4, 0.5) is 0 Å². The Labute approximate surface area is 281 Å². The molecule has 5 saturated heterocycles. The van der Waals surface area contributed by atoms with E-state index in [0.717, 1.165) is 19.3 Å². The Morgan fingerprint density at radius 2 is 0.667 bits per heavy atom. The first-order valence-corrected chi connectivity index (χ1v) is 19.5. The normalized spacial score (nSPS) is 54.0. The van der Waals surface area contributed by atoms with Crippen molar-refractivity contribution in [3.05, 3.63) is 0 Å². The van der Waals surface area contributed by atoms with Crippen LogP contribution in [0.15, 0.2) is 0 Å². The van der Waals surface area contributed by atoms with E-state index in [9.17, 15) is 8.42 Å². The molecule has 0 aromatic heterocycles. The van der Waals surface area contributed by atoms with E-state index < -0.39 is 11.0 Å². The van der Waals surface area contributed by atoms with Gasteiger partial charge in [-0.25, -0.2) is 0 Å². The maximum absolute atomic E-state index is 11.8. The molecule has 13 heteroatoms. The fourth-order valence-electron chi connectivity index (χ4n) is 12.2. The van der Waals surface area contributed by atoms with Gasteiger partial charge in [0, 0.05) is 12.0 Å². The molecule has 0 radical (unpaired) electrons. The number of fused-ring (bicyclic) bond motifs is 20. The molecule has 9 rings (SSSR count). The van der Waals surface area contributed by atoms with E-state index in [0.29, 0.717) is 59.9 Å². The van der Waals surface area contributed by atoms with Gasteiger partial charge in [-0.05, 0) is 92.8 Å². The molecule has 0 spiro atoms. The summed E-state index contributed by atoms with van der Waals surface area (Å²) in [6, 6.07) is 0. The van der Waals surface area contributed by atoms with Crippen LogP contribution in [0, 0.1) is 47.3 Å². The second-order valence-corrected chi connectivity index (χ2v) is 16.6. The number of nitrogens with one attached hydrogen (secondary N) is 8. The maximum Gasteiger partial charge on any atom is 1.00 e. The Bertz CT molecular complexity index is 1130. The van der Waals surface area contributed by atoms with Crippen molar-refractivity contribution in [2.24, 2.45) is 47.3 Å². The Balaban J connectivity index is 0.00000300. The van der Waals surface area contributed by atoms with Crippen molar-refractivity contribution in [2.75, 3.05) is 0 Å². The van der Waals surface area contributed by atoms with Gasteiger partial charge in [-0.2, -0.15) is 0 Å². The van der Waals surface area contributed by atoms with Crippen LogP contribution in [0.3, 0.4) is 0 Å². The first-order chi connectivity index (χ1) is 21.6. The molecule has 0 amide bonds. The summed E-state index contributed by atoms with van der Waals surface area (Å²) in [6.07, 6.45) is 20.0. The van der Waals surface area contributed by atoms with Crippen LogP contribution in [-0.2, 0) is 40.7 Å². The number of hydrogen-bond acceptors (Lipinski definition) is 12. The van der Waals surface area contributed by atoms with E-state index in [-0.39, 0.29) is 59.9 Å². The smallest absolute Gasteiger partial charge is 0.421 e. The van der Waals surface area contributed by atoms with Gasteiger partial charge in [0.2, 0.25) is 0 Å². The van der Waals surface area contributed by atoms with E-state index in [1.54, 1.807) is 0 Å². The first-order valence-electron chi connectivity index (χ1n) is 18.5. The van der Waals surface area contributed by atoms with Gasteiger partial charge >= 0.3 is 17.1 Å². The SMILES string of the molecule is O=[S-](=O)OC1CCCC2C3NC4NC(NC5NC(NC6NC(NC(N3)C12)C1CCCCC61)C1CCCCC51)C1CCCCC41.[Cu+]. The van der Waals surface area contributed by atoms with E-state index >= 15 is 0 Å². The molecule has 258 valence electrons. The first kappa shape index (κ1) is 32.3. The molecular formula is C32H55CuN8O3S.